The number of unbranched alkanes of at least 4 members (excludes halogenated alkanes) is 1. The van der Waals surface area contributed by atoms with Crippen molar-refractivity contribution in [3.05, 3.63) is 57.0 Å². The minimum Gasteiger partial charge on any atom is -0.286 e. The van der Waals surface area contributed by atoms with Gasteiger partial charge in [0.15, 0.2) is 0 Å². The van der Waals surface area contributed by atoms with Crippen molar-refractivity contribution in [2.75, 3.05) is 0 Å². The Hall–Kier alpha value is -2.22. The molecule has 2 aliphatic carbocycles. The summed E-state index contributed by atoms with van der Waals surface area (Å²) in [6.45, 7) is 6.43. The highest BCUT2D eigenvalue weighted by Gasteiger charge is 2.27. The van der Waals surface area contributed by atoms with E-state index in [4.69, 9.17) is 0 Å². The Labute approximate surface area is 143 Å². The molecular weight excluding hydrogens is 296 g/mol. The lowest BCUT2D eigenvalue weighted by Crippen LogP contribution is -2.37. The Balaban J connectivity index is 1.87. The molecule has 0 aliphatic heterocycles. The monoisotopic (exact) mass is 320 g/mol. The molecule has 0 radical (unpaired) electrons. The van der Waals surface area contributed by atoms with E-state index in [0.717, 1.165) is 41.7 Å². The molecule has 124 valence electrons. The fourth-order valence-electron chi connectivity index (χ4n) is 3.67. The van der Waals surface area contributed by atoms with Crippen LogP contribution in [0.25, 0.3) is 11.6 Å². The fraction of sp³-hybridized carbons (Fsp3) is 0.364. The topological polar surface area (TPSA) is 34.1 Å². The van der Waals surface area contributed by atoms with Gasteiger partial charge < -0.3 is 0 Å². The Bertz CT molecular complexity index is 891. The van der Waals surface area contributed by atoms with Gasteiger partial charge in [0.05, 0.1) is 0 Å². The molecule has 2 aliphatic rings. The van der Waals surface area contributed by atoms with Crippen molar-refractivity contribution in [2.45, 2.75) is 52.9 Å². The van der Waals surface area contributed by atoms with Crippen LogP contribution in [0.3, 0.4) is 0 Å². The fourth-order valence-corrected chi connectivity index (χ4v) is 3.67. The molecule has 3 rings (SSSR count). The zero-order valence-electron chi connectivity index (χ0n) is 14.7. The molecular formula is C22H24O2. The van der Waals surface area contributed by atoms with Gasteiger partial charge in [-0.25, -0.2) is 0 Å². The molecule has 0 heterocycles. The molecule has 2 nitrogen and oxygen atoms in total. The summed E-state index contributed by atoms with van der Waals surface area (Å²) in [5.74, 6) is -0.666. The smallest absolute Gasteiger partial charge is 0.229 e. The number of allylic oxidation sites excluding steroid dienone is 4. The van der Waals surface area contributed by atoms with E-state index in [1.165, 1.54) is 28.3 Å². The minimum atomic E-state index is -0.367. The summed E-state index contributed by atoms with van der Waals surface area (Å²) in [5, 5.41) is 1.98. The van der Waals surface area contributed by atoms with Gasteiger partial charge in [-0.15, -0.1) is 0 Å². The molecule has 0 atom stereocenters. The van der Waals surface area contributed by atoms with Crippen LogP contribution >= 0.6 is 0 Å². The summed E-state index contributed by atoms with van der Waals surface area (Å²) in [6.07, 6.45) is 10.7. The lowest BCUT2D eigenvalue weighted by molar-refractivity contribution is -0.129. The van der Waals surface area contributed by atoms with Gasteiger partial charge in [-0.1, -0.05) is 35.4 Å². The van der Waals surface area contributed by atoms with Crippen molar-refractivity contribution >= 4 is 23.2 Å². The molecule has 0 spiro atoms. The van der Waals surface area contributed by atoms with Crippen LogP contribution < -0.4 is 10.4 Å². The van der Waals surface area contributed by atoms with Gasteiger partial charge in [0.25, 0.3) is 0 Å². The Kier molecular flexibility index (Phi) is 4.66. The maximum absolute atomic E-state index is 12.1. The van der Waals surface area contributed by atoms with E-state index in [1.807, 2.05) is 6.07 Å². The van der Waals surface area contributed by atoms with Gasteiger partial charge in [-0.3, -0.25) is 9.59 Å². The molecule has 24 heavy (non-hydrogen) atoms. The molecule has 1 aromatic rings. The second kappa shape index (κ2) is 6.72. The van der Waals surface area contributed by atoms with Crippen LogP contribution in [-0.2, 0) is 22.4 Å². The number of hydrogen-bond donors (Lipinski definition) is 0. The SMILES string of the molecule is CC(C)=CCCC=C(C)Cc1ccc2c3c1CCC=3C(=O)C(=O)C=2. The van der Waals surface area contributed by atoms with E-state index in [2.05, 4.69) is 39.0 Å². The standard InChI is InChI=1S/C22H24O2/c1-14(2)6-4-5-7-15(3)12-16-8-9-17-13-20(23)22(24)19-11-10-18(16)21(17)19/h6-9,13H,4-5,10-12H2,1-3H3. The number of carbonyl (C=O) groups excluding carboxylic acids is 2. The van der Waals surface area contributed by atoms with Crippen molar-refractivity contribution in [1.82, 2.24) is 0 Å². The molecule has 0 bridgehead atoms. The summed E-state index contributed by atoms with van der Waals surface area (Å²) in [6, 6.07) is 4.13. The van der Waals surface area contributed by atoms with Gasteiger partial charge in [0.2, 0.25) is 11.6 Å². The van der Waals surface area contributed by atoms with Crippen LogP contribution in [0, 0.1) is 0 Å². The summed E-state index contributed by atoms with van der Waals surface area (Å²) >= 11 is 0. The summed E-state index contributed by atoms with van der Waals surface area (Å²) in [7, 11) is 0. The number of carbonyl (C=O) groups is 2. The lowest BCUT2D eigenvalue weighted by atomic mass is 9.94. The van der Waals surface area contributed by atoms with Gasteiger partial charge in [-0.05, 0) is 80.5 Å². The van der Waals surface area contributed by atoms with Crippen LogP contribution in [0.2, 0.25) is 0 Å². The van der Waals surface area contributed by atoms with E-state index < -0.39 is 0 Å². The average molecular weight is 320 g/mol. The summed E-state index contributed by atoms with van der Waals surface area (Å²) in [5.41, 5.74) is 6.04. The quantitative estimate of drug-likeness (QED) is 0.475. The van der Waals surface area contributed by atoms with Crippen molar-refractivity contribution in [1.29, 1.82) is 0 Å². The number of ketones is 2. The van der Waals surface area contributed by atoms with Gasteiger partial charge in [0.1, 0.15) is 0 Å². The Morgan fingerprint density at radius 3 is 2.54 bits per heavy atom. The second-order valence-corrected chi connectivity index (χ2v) is 7.07. The third-order valence-corrected chi connectivity index (χ3v) is 4.83. The van der Waals surface area contributed by atoms with Crippen molar-refractivity contribution in [2.24, 2.45) is 0 Å². The molecule has 0 fully saturated rings. The van der Waals surface area contributed by atoms with Crippen LogP contribution in [-0.4, -0.2) is 11.6 Å². The van der Waals surface area contributed by atoms with E-state index in [-0.39, 0.29) is 11.6 Å². The molecule has 0 saturated heterocycles. The third kappa shape index (κ3) is 3.19. The van der Waals surface area contributed by atoms with Crippen LogP contribution in [0.5, 0.6) is 0 Å². The van der Waals surface area contributed by atoms with Crippen molar-refractivity contribution in [3.63, 3.8) is 0 Å². The maximum atomic E-state index is 12.1. The molecule has 2 heteroatoms. The van der Waals surface area contributed by atoms with Crippen LogP contribution in [0.4, 0.5) is 0 Å². The Morgan fingerprint density at radius 1 is 1.04 bits per heavy atom. The van der Waals surface area contributed by atoms with E-state index >= 15 is 0 Å². The summed E-state index contributed by atoms with van der Waals surface area (Å²) in [4.78, 5) is 23.8. The lowest BCUT2D eigenvalue weighted by Gasteiger charge is -2.09. The highest BCUT2D eigenvalue weighted by molar-refractivity contribution is 6.60. The van der Waals surface area contributed by atoms with Gasteiger partial charge in [-0.2, -0.15) is 0 Å². The largest absolute Gasteiger partial charge is 0.286 e. The predicted molar refractivity (Wildman–Crippen MR) is 98.0 cm³/mol. The molecule has 0 N–H and O–H groups in total. The maximum Gasteiger partial charge on any atom is 0.229 e. The van der Waals surface area contributed by atoms with Crippen molar-refractivity contribution < 1.29 is 9.59 Å². The van der Waals surface area contributed by atoms with E-state index in [1.54, 1.807) is 0 Å². The molecule has 0 unspecified atom stereocenters. The van der Waals surface area contributed by atoms with E-state index in [0.29, 0.717) is 6.42 Å². The van der Waals surface area contributed by atoms with Crippen LogP contribution in [0.15, 0.2) is 35.4 Å². The highest BCUT2D eigenvalue weighted by atomic mass is 16.2. The van der Waals surface area contributed by atoms with Crippen molar-refractivity contribution in [3.8, 4) is 0 Å². The van der Waals surface area contributed by atoms with Gasteiger partial charge >= 0.3 is 0 Å². The molecule has 1 aromatic carbocycles. The first-order valence-electron chi connectivity index (χ1n) is 8.70. The van der Waals surface area contributed by atoms with Gasteiger partial charge in [0, 0.05) is 5.57 Å². The third-order valence-electron chi connectivity index (χ3n) is 4.83. The number of rotatable bonds is 5. The van der Waals surface area contributed by atoms with E-state index in [9.17, 15) is 9.59 Å². The average Bonchev–Trinajstić information content (AvgIpc) is 2.98. The zero-order valence-corrected chi connectivity index (χ0v) is 14.7. The first-order chi connectivity index (χ1) is 11.5. The normalized spacial score (nSPS) is 16.1. The molecule has 0 amide bonds. The summed E-state index contributed by atoms with van der Waals surface area (Å²) < 4.78 is 0. The minimum absolute atomic E-state index is 0.299. The first kappa shape index (κ1) is 16.6. The van der Waals surface area contributed by atoms with Crippen LogP contribution in [0.1, 0.15) is 51.2 Å². The molecule has 0 saturated carbocycles. The number of Topliss-reactive ketones (excluding diaryl/α,β-unsaturated/α-hetero) is 2. The zero-order chi connectivity index (χ0) is 17.3. The predicted octanol–water partition coefficient (Wildman–Crippen LogP) is 2.95. The second-order valence-electron chi connectivity index (χ2n) is 7.07. The number of hydrogen-bond acceptors (Lipinski definition) is 2. The number of benzene rings is 1. The molecule has 0 aromatic heterocycles. The first-order valence-corrected chi connectivity index (χ1v) is 8.70. The Morgan fingerprint density at radius 2 is 1.79 bits per heavy atom. The highest BCUT2D eigenvalue weighted by Crippen LogP contribution is 2.21.